The normalized spacial score (nSPS) is 10.7. The minimum Gasteiger partial charge on any atom is -0.489 e. The molecule has 2 aromatic rings. The molecule has 2 rings (SSSR count). The van der Waals surface area contributed by atoms with Gasteiger partial charge >= 0.3 is 5.97 Å². The first kappa shape index (κ1) is 11.8. The molecule has 6 heteroatoms. The number of halogens is 1. The molecule has 1 heterocycles. The van der Waals surface area contributed by atoms with Gasteiger partial charge in [0.2, 0.25) is 0 Å². The van der Waals surface area contributed by atoms with E-state index in [1.165, 1.54) is 6.07 Å². The number of hydrogen-bond donors (Lipinski definition) is 3. The predicted molar refractivity (Wildman–Crippen MR) is 62.8 cm³/mol. The summed E-state index contributed by atoms with van der Waals surface area (Å²) in [6.07, 6.45) is 1.65. The Morgan fingerprint density at radius 1 is 1.53 bits per heavy atom. The highest BCUT2D eigenvalue weighted by Gasteiger charge is 2.16. The average Bonchev–Trinajstić information content (AvgIpc) is 2.77. The smallest absolute Gasteiger partial charge is 0.337 e. The summed E-state index contributed by atoms with van der Waals surface area (Å²) in [5.41, 5.74) is 0.597. The molecule has 0 fully saturated rings. The zero-order chi connectivity index (χ0) is 12.4. The molecule has 3 N–H and O–H groups in total. The Kier molecular flexibility index (Phi) is 3.21. The van der Waals surface area contributed by atoms with Gasteiger partial charge in [0.1, 0.15) is 12.4 Å². The standard InChI is InChI=1S/C11H10ClNO4/c12-9-6-1-2-13-10(6)8(17-4-3-14)5-7(9)11(15)16/h1-2,5,13-14H,3-4H2,(H,15,16). The second-order valence-corrected chi connectivity index (χ2v) is 3.76. The van der Waals surface area contributed by atoms with E-state index in [0.29, 0.717) is 16.7 Å². The highest BCUT2D eigenvalue weighted by atomic mass is 35.5. The first-order chi connectivity index (χ1) is 8.15. The quantitative estimate of drug-likeness (QED) is 0.779. The number of H-pyrrole nitrogens is 1. The number of aliphatic hydroxyl groups excluding tert-OH is 1. The van der Waals surface area contributed by atoms with Gasteiger partial charge in [-0.3, -0.25) is 0 Å². The van der Waals surface area contributed by atoms with Gasteiger partial charge in [-0.2, -0.15) is 0 Å². The Morgan fingerprint density at radius 2 is 2.29 bits per heavy atom. The summed E-state index contributed by atoms with van der Waals surface area (Å²) < 4.78 is 5.27. The molecule has 17 heavy (non-hydrogen) atoms. The van der Waals surface area contributed by atoms with Crippen LogP contribution in [-0.4, -0.2) is 34.4 Å². The van der Waals surface area contributed by atoms with Crippen molar-refractivity contribution in [3.63, 3.8) is 0 Å². The third kappa shape index (κ3) is 2.07. The summed E-state index contributed by atoms with van der Waals surface area (Å²) in [4.78, 5) is 13.9. The number of aromatic nitrogens is 1. The molecule has 1 aromatic carbocycles. The van der Waals surface area contributed by atoms with Crippen LogP contribution in [0, 0.1) is 0 Å². The van der Waals surface area contributed by atoms with E-state index in [1.54, 1.807) is 12.3 Å². The van der Waals surface area contributed by atoms with Gasteiger partial charge in [-0.05, 0) is 12.1 Å². The van der Waals surface area contributed by atoms with E-state index in [-0.39, 0.29) is 23.8 Å². The summed E-state index contributed by atoms with van der Waals surface area (Å²) in [5.74, 6) is -0.757. The van der Waals surface area contributed by atoms with Crippen molar-refractivity contribution in [1.29, 1.82) is 0 Å². The van der Waals surface area contributed by atoms with Gasteiger partial charge in [0, 0.05) is 11.6 Å². The number of rotatable bonds is 4. The van der Waals surface area contributed by atoms with Crippen molar-refractivity contribution in [1.82, 2.24) is 4.98 Å². The Labute approximate surface area is 102 Å². The highest BCUT2D eigenvalue weighted by Crippen LogP contribution is 2.34. The average molecular weight is 256 g/mol. The van der Waals surface area contributed by atoms with Crippen LogP contribution in [0.25, 0.3) is 10.9 Å². The number of carboxylic acids is 1. The molecular formula is C11H10ClNO4. The van der Waals surface area contributed by atoms with Crippen LogP contribution in [0.15, 0.2) is 18.3 Å². The minimum atomic E-state index is -1.12. The number of aromatic carboxylic acids is 1. The van der Waals surface area contributed by atoms with Crippen molar-refractivity contribution < 1.29 is 19.7 Å². The molecule has 0 aliphatic carbocycles. The van der Waals surface area contributed by atoms with Crippen LogP contribution in [0.4, 0.5) is 0 Å². The molecule has 0 radical (unpaired) electrons. The van der Waals surface area contributed by atoms with E-state index in [2.05, 4.69) is 4.98 Å². The maximum atomic E-state index is 11.0. The van der Waals surface area contributed by atoms with Crippen molar-refractivity contribution in [3.05, 3.63) is 28.9 Å². The number of fused-ring (bicyclic) bond motifs is 1. The van der Waals surface area contributed by atoms with Gasteiger partial charge in [-0.25, -0.2) is 4.79 Å². The molecule has 0 atom stereocenters. The SMILES string of the molecule is O=C(O)c1cc(OCCO)c2[nH]ccc2c1Cl. The topological polar surface area (TPSA) is 82.6 Å². The molecule has 0 saturated carbocycles. The second-order valence-electron chi connectivity index (χ2n) is 3.38. The van der Waals surface area contributed by atoms with Crippen molar-refractivity contribution in [2.24, 2.45) is 0 Å². The molecule has 0 aliphatic rings. The lowest BCUT2D eigenvalue weighted by atomic mass is 10.1. The van der Waals surface area contributed by atoms with Crippen LogP contribution in [-0.2, 0) is 0 Å². The third-order valence-corrected chi connectivity index (χ3v) is 2.73. The minimum absolute atomic E-state index is 0.0216. The van der Waals surface area contributed by atoms with Crippen molar-refractivity contribution in [3.8, 4) is 5.75 Å². The fraction of sp³-hybridized carbons (Fsp3) is 0.182. The van der Waals surface area contributed by atoms with E-state index >= 15 is 0 Å². The number of carbonyl (C=O) groups is 1. The van der Waals surface area contributed by atoms with Gasteiger partial charge in [0.25, 0.3) is 0 Å². The lowest BCUT2D eigenvalue weighted by Gasteiger charge is -2.08. The number of benzene rings is 1. The van der Waals surface area contributed by atoms with Crippen LogP contribution in [0.3, 0.4) is 0 Å². The highest BCUT2D eigenvalue weighted by molar-refractivity contribution is 6.38. The molecule has 0 bridgehead atoms. The van der Waals surface area contributed by atoms with E-state index in [0.717, 1.165) is 0 Å². The van der Waals surface area contributed by atoms with Gasteiger partial charge in [0.15, 0.2) is 0 Å². The number of aromatic amines is 1. The molecule has 0 aliphatic heterocycles. The lowest BCUT2D eigenvalue weighted by molar-refractivity contribution is 0.0696. The molecule has 0 unspecified atom stereocenters. The van der Waals surface area contributed by atoms with E-state index in [1.807, 2.05) is 0 Å². The number of ether oxygens (including phenoxy) is 1. The molecule has 0 saturated heterocycles. The first-order valence-corrected chi connectivity index (χ1v) is 5.29. The zero-order valence-corrected chi connectivity index (χ0v) is 9.49. The van der Waals surface area contributed by atoms with Crippen molar-refractivity contribution >= 4 is 28.5 Å². The van der Waals surface area contributed by atoms with Crippen LogP contribution in [0.2, 0.25) is 5.02 Å². The summed E-state index contributed by atoms with van der Waals surface area (Å²) in [6.45, 7) is -0.0535. The number of hydrogen-bond acceptors (Lipinski definition) is 3. The molecule has 1 aromatic heterocycles. The Bertz CT molecular complexity index is 564. The largest absolute Gasteiger partial charge is 0.489 e. The molecule has 0 amide bonds. The summed E-state index contributed by atoms with van der Waals surface area (Å²) in [7, 11) is 0. The molecular weight excluding hydrogens is 246 g/mol. The maximum absolute atomic E-state index is 11.0. The van der Waals surface area contributed by atoms with Crippen molar-refractivity contribution in [2.75, 3.05) is 13.2 Å². The number of carboxylic acid groups (broad SMARTS) is 1. The monoisotopic (exact) mass is 255 g/mol. The molecule has 90 valence electrons. The summed E-state index contributed by atoms with van der Waals surface area (Å²) in [5, 5.41) is 18.5. The van der Waals surface area contributed by atoms with E-state index in [4.69, 9.17) is 26.6 Å². The van der Waals surface area contributed by atoms with Crippen LogP contribution >= 0.6 is 11.6 Å². The molecule has 0 spiro atoms. The van der Waals surface area contributed by atoms with Crippen molar-refractivity contribution in [2.45, 2.75) is 0 Å². The maximum Gasteiger partial charge on any atom is 0.337 e. The zero-order valence-electron chi connectivity index (χ0n) is 8.74. The lowest BCUT2D eigenvalue weighted by Crippen LogP contribution is -2.04. The summed E-state index contributed by atoms with van der Waals surface area (Å²) in [6, 6.07) is 3.02. The third-order valence-electron chi connectivity index (χ3n) is 2.32. The number of nitrogens with one attached hydrogen (secondary N) is 1. The van der Waals surface area contributed by atoms with E-state index in [9.17, 15) is 4.79 Å². The Hall–Kier alpha value is -1.72. The van der Waals surface area contributed by atoms with Gasteiger partial charge in [0.05, 0.1) is 22.7 Å². The van der Waals surface area contributed by atoms with Crippen LogP contribution in [0.1, 0.15) is 10.4 Å². The Balaban J connectivity index is 2.61. The fourth-order valence-corrected chi connectivity index (χ4v) is 1.89. The van der Waals surface area contributed by atoms with Gasteiger partial charge in [-0.1, -0.05) is 11.6 Å². The second kappa shape index (κ2) is 4.65. The van der Waals surface area contributed by atoms with Crippen LogP contribution < -0.4 is 4.74 Å². The Morgan fingerprint density at radius 3 is 2.94 bits per heavy atom. The number of aliphatic hydroxyl groups is 1. The van der Waals surface area contributed by atoms with Gasteiger partial charge in [-0.15, -0.1) is 0 Å². The first-order valence-electron chi connectivity index (χ1n) is 4.91. The summed E-state index contributed by atoms with van der Waals surface area (Å²) >= 11 is 5.98. The van der Waals surface area contributed by atoms with E-state index < -0.39 is 5.97 Å². The van der Waals surface area contributed by atoms with Crippen LogP contribution in [0.5, 0.6) is 5.75 Å². The van der Waals surface area contributed by atoms with Gasteiger partial charge < -0.3 is 19.9 Å². The molecule has 5 nitrogen and oxygen atoms in total. The fourth-order valence-electron chi connectivity index (χ4n) is 1.59. The predicted octanol–water partition coefficient (Wildman–Crippen LogP) is 1.89.